The van der Waals surface area contributed by atoms with Crippen molar-refractivity contribution in [2.45, 2.75) is 6.18 Å². The van der Waals surface area contributed by atoms with Crippen LogP contribution in [0.4, 0.5) is 19.1 Å². The monoisotopic (exact) mass is 324 g/mol. The molecule has 23 heavy (non-hydrogen) atoms. The zero-order chi connectivity index (χ0) is 16.6. The van der Waals surface area contributed by atoms with Crippen LogP contribution in [0, 0.1) is 0 Å². The molecule has 3 aromatic rings. The minimum Gasteiger partial charge on any atom is -0.639 e. The molecule has 0 aliphatic rings. The van der Waals surface area contributed by atoms with E-state index in [0.717, 1.165) is 9.79 Å². The summed E-state index contributed by atoms with van der Waals surface area (Å²) in [7, 11) is 1.17. The number of alkyl halides is 3. The van der Waals surface area contributed by atoms with Gasteiger partial charge in [-0.25, -0.2) is 0 Å². The molecule has 2 aromatic heterocycles. The molecule has 0 aliphatic heterocycles. The molecule has 1 aromatic carbocycles. The molecule has 0 saturated heterocycles. The number of carbonyl (C=O) groups excluding carboxylic acids is 1. The number of oxazole rings is 1. The van der Waals surface area contributed by atoms with E-state index in [1.165, 1.54) is 13.3 Å². The Morgan fingerprint density at radius 2 is 2.04 bits per heavy atom. The van der Waals surface area contributed by atoms with E-state index in [0.29, 0.717) is 5.39 Å². The van der Waals surface area contributed by atoms with E-state index in [1.54, 1.807) is 30.3 Å². The number of halogens is 3. The first kappa shape index (κ1) is 15.1. The van der Waals surface area contributed by atoms with Gasteiger partial charge in [-0.05, 0) is 18.0 Å². The molecular weight excluding hydrogens is 313 g/mol. The molecule has 0 radical (unpaired) electrons. The van der Waals surface area contributed by atoms with Crippen LogP contribution < -0.4 is 4.40 Å². The lowest BCUT2D eigenvalue weighted by atomic mass is 10.1. The summed E-state index contributed by atoms with van der Waals surface area (Å²) in [4.78, 5) is 11.2. The number of methoxy groups -OCH3 is 1. The second kappa shape index (κ2) is 5.45. The average Bonchev–Trinajstić information content (AvgIpc) is 2.92. The standard InChI is InChI=1S/C15H11F3N2O3/c1-22-11(21)8-19-13-12-10-5-3-2-4-9(10)6-7-20(12)14(23-13)15(16,17)18/h2-7H,8H2,1H3. The second-order valence-corrected chi connectivity index (χ2v) is 4.72. The largest absolute Gasteiger partial charge is 0.639 e. The molecule has 8 heteroatoms. The molecule has 0 amide bonds. The molecule has 0 fully saturated rings. The third kappa shape index (κ3) is 2.67. The minimum atomic E-state index is -4.69. The number of nitrogens with zero attached hydrogens (tertiary/aromatic N) is 2. The number of rotatable bonds is 3. The normalized spacial score (nSPS) is 11.8. The zero-order valence-corrected chi connectivity index (χ0v) is 11.9. The fourth-order valence-corrected chi connectivity index (χ4v) is 2.30. The summed E-state index contributed by atoms with van der Waals surface area (Å²) in [5.41, 5.74) is 0.152. The van der Waals surface area contributed by atoms with Gasteiger partial charge in [-0.15, -0.1) is 4.40 Å². The van der Waals surface area contributed by atoms with Crippen LogP contribution in [-0.4, -0.2) is 19.6 Å². The Morgan fingerprint density at radius 3 is 2.74 bits per heavy atom. The van der Waals surface area contributed by atoms with E-state index in [4.69, 9.17) is 4.42 Å². The summed E-state index contributed by atoms with van der Waals surface area (Å²) in [5, 5.41) is 5.10. The third-order valence-electron chi connectivity index (χ3n) is 3.30. The number of esters is 1. The molecule has 120 valence electrons. The van der Waals surface area contributed by atoms with Crippen LogP contribution in [0.25, 0.3) is 21.6 Å². The van der Waals surface area contributed by atoms with Gasteiger partial charge in [0.1, 0.15) is 5.88 Å². The predicted molar refractivity (Wildman–Crippen MR) is 74.3 cm³/mol. The van der Waals surface area contributed by atoms with Gasteiger partial charge in [-0.3, -0.25) is 4.79 Å². The molecule has 0 saturated carbocycles. The van der Waals surface area contributed by atoms with Crippen molar-refractivity contribution in [1.29, 1.82) is 0 Å². The highest BCUT2D eigenvalue weighted by Gasteiger charge is 2.46. The molecule has 5 nitrogen and oxygen atoms in total. The molecule has 2 heterocycles. The predicted octanol–water partition coefficient (Wildman–Crippen LogP) is 3.37. The number of hydrogen-bond acceptors (Lipinski definition) is 3. The van der Waals surface area contributed by atoms with Crippen molar-refractivity contribution in [3.63, 3.8) is 0 Å². The van der Waals surface area contributed by atoms with Gasteiger partial charge in [0.2, 0.25) is 5.52 Å². The van der Waals surface area contributed by atoms with E-state index >= 15 is 0 Å². The fraction of sp³-hybridized carbons (Fsp3) is 0.200. The first-order valence-electron chi connectivity index (χ1n) is 6.59. The first-order chi connectivity index (χ1) is 10.9. The summed E-state index contributed by atoms with van der Waals surface area (Å²) in [6.07, 6.45) is -3.43. The number of hydrogen-bond donors (Lipinski definition) is 0. The smallest absolute Gasteiger partial charge is 0.518 e. The van der Waals surface area contributed by atoms with Crippen molar-refractivity contribution >= 4 is 28.1 Å². The molecule has 0 bridgehead atoms. The lowest BCUT2D eigenvalue weighted by molar-refractivity contribution is -0.550. The summed E-state index contributed by atoms with van der Waals surface area (Å²) >= 11 is 0. The van der Waals surface area contributed by atoms with Crippen molar-refractivity contribution in [3.8, 4) is 0 Å². The molecule has 0 spiro atoms. The highest BCUT2D eigenvalue weighted by Crippen LogP contribution is 2.36. The van der Waals surface area contributed by atoms with Crippen LogP contribution in [0.2, 0.25) is 0 Å². The highest BCUT2D eigenvalue weighted by atomic mass is 19.4. The number of pyridine rings is 1. The van der Waals surface area contributed by atoms with Crippen molar-refractivity contribution in [3.05, 3.63) is 47.7 Å². The maximum absolute atomic E-state index is 13.1. The second-order valence-electron chi connectivity index (χ2n) is 4.72. The van der Waals surface area contributed by atoms with Gasteiger partial charge < -0.3 is 14.5 Å². The number of fused-ring (bicyclic) bond motifs is 3. The Bertz CT molecular complexity index is 887. The van der Waals surface area contributed by atoms with Crippen LogP contribution in [0.3, 0.4) is 0 Å². The van der Waals surface area contributed by atoms with Gasteiger partial charge in [-0.2, -0.15) is 13.2 Å². The van der Waals surface area contributed by atoms with Crippen molar-refractivity contribution < 1.29 is 31.5 Å². The Hall–Kier alpha value is -2.77. The molecule has 0 atom stereocenters. The SMILES string of the molecule is COC(=O)C[N-]c1oc(C(F)(F)F)[n+]2ccc3ccccc3c12. The van der Waals surface area contributed by atoms with Crippen LogP contribution in [-0.2, 0) is 15.7 Å². The molecule has 0 N–H and O–H groups in total. The van der Waals surface area contributed by atoms with Crippen molar-refractivity contribution in [1.82, 2.24) is 0 Å². The highest BCUT2D eigenvalue weighted by molar-refractivity contribution is 5.98. The topological polar surface area (TPSA) is 57.6 Å². The van der Waals surface area contributed by atoms with E-state index < -0.39 is 24.6 Å². The van der Waals surface area contributed by atoms with Gasteiger partial charge >= 0.3 is 12.1 Å². The zero-order valence-electron chi connectivity index (χ0n) is 11.9. The van der Waals surface area contributed by atoms with Gasteiger partial charge in [-0.1, -0.05) is 18.2 Å². The minimum absolute atomic E-state index is 0.152. The number of carbonyl (C=O) groups is 1. The number of ether oxygens (including phenoxy) is 1. The van der Waals surface area contributed by atoms with E-state index in [-0.39, 0.29) is 11.4 Å². The van der Waals surface area contributed by atoms with E-state index in [9.17, 15) is 18.0 Å². The first-order valence-corrected chi connectivity index (χ1v) is 6.59. The lowest BCUT2D eigenvalue weighted by Crippen LogP contribution is -2.29. The van der Waals surface area contributed by atoms with Crippen LogP contribution in [0.1, 0.15) is 5.89 Å². The number of aromatic nitrogens is 1. The van der Waals surface area contributed by atoms with E-state index in [2.05, 4.69) is 10.1 Å². The molecule has 3 rings (SSSR count). The summed E-state index contributed by atoms with van der Waals surface area (Å²) in [6.45, 7) is -0.430. The van der Waals surface area contributed by atoms with Crippen LogP contribution >= 0.6 is 0 Å². The van der Waals surface area contributed by atoms with E-state index in [1.807, 2.05) is 0 Å². The van der Waals surface area contributed by atoms with Gasteiger partial charge in [0.25, 0.3) is 5.97 Å². The van der Waals surface area contributed by atoms with Crippen LogP contribution in [0.15, 0.2) is 40.9 Å². The van der Waals surface area contributed by atoms with Crippen molar-refractivity contribution in [2.24, 2.45) is 0 Å². The molecule has 0 aliphatic carbocycles. The Balaban J connectivity index is 2.24. The fourth-order valence-electron chi connectivity index (χ4n) is 2.30. The third-order valence-corrected chi connectivity index (χ3v) is 3.30. The average molecular weight is 324 g/mol. The van der Waals surface area contributed by atoms with Gasteiger partial charge in [0.05, 0.1) is 12.5 Å². The maximum atomic E-state index is 13.1. The van der Waals surface area contributed by atoms with Gasteiger partial charge in [0, 0.05) is 6.07 Å². The molecular formula is C15H11F3N2O3. The quantitative estimate of drug-likeness (QED) is 0.548. The maximum Gasteiger partial charge on any atom is 0.518 e. The summed E-state index contributed by atoms with van der Waals surface area (Å²) in [5.74, 6) is -2.14. The number of benzene rings is 1. The van der Waals surface area contributed by atoms with Crippen molar-refractivity contribution in [2.75, 3.05) is 13.7 Å². The van der Waals surface area contributed by atoms with Gasteiger partial charge in [0.15, 0.2) is 6.20 Å². The lowest BCUT2D eigenvalue weighted by Gasteiger charge is -2.13. The Kier molecular flexibility index (Phi) is 3.59. The van der Waals surface area contributed by atoms with Crippen LogP contribution in [0.5, 0.6) is 0 Å². The summed E-state index contributed by atoms with van der Waals surface area (Å²) in [6, 6.07) is 8.45. The summed E-state index contributed by atoms with van der Waals surface area (Å²) < 4.78 is 49.7. The Labute approximate surface area is 128 Å². The Morgan fingerprint density at radius 1 is 1.30 bits per heavy atom. The molecule has 0 unspecified atom stereocenters.